The highest BCUT2D eigenvalue weighted by atomic mass is 28.4. The first-order chi connectivity index (χ1) is 12.8. The Morgan fingerprint density at radius 3 is 1.55 bits per heavy atom. The van der Waals surface area contributed by atoms with Crippen LogP contribution in [0.25, 0.3) is 0 Å². The fourth-order valence-electron chi connectivity index (χ4n) is 4.05. The van der Waals surface area contributed by atoms with E-state index in [0.29, 0.717) is 0 Å². The molecule has 0 heterocycles. The van der Waals surface area contributed by atoms with Crippen LogP contribution in [0, 0.1) is 0 Å². The molecule has 166 valence electrons. The van der Waals surface area contributed by atoms with E-state index >= 15 is 0 Å². The minimum Gasteiger partial charge on any atom is -0.384 e. The first-order valence-electron chi connectivity index (χ1n) is 11.0. The average Bonchev–Trinajstić information content (AvgIpc) is 2.45. The van der Waals surface area contributed by atoms with E-state index in [1.54, 1.807) is 0 Å². The van der Waals surface area contributed by atoms with Crippen LogP contribution in [0.3, 0.4) is 0 Å². The molecule has 0 atom stereocenters. The molecule has 0 radical (unpaired) electrons. The number of hydrogen-bond donors (Lipinski definition) is 0. The summed E-state index contributed by atoms with van der Waals surface area (Å²) < 4.78 is 10.6. The number of rotatable bonds is 8. The predicted molar refractivity (Wildman–Crippen MR) is 144 cm³/mol. The van der Waals surface area contributed by atoms with Crippen molar-refractivity contribution in [1.29, 1.82) is 0 Å². The van der Waals surface area contributed by atoms with E-state index in [1.165, 1.54) is 17.0 Å². The molecule has 0 aliphatic heterocycles. The van der Waals surface area contributed by atoms with E-state index in [1.807, 2.05) is 0 Å². The number of benzene rings is 1. The molecular formula is C22H47N3Si4. The molecule has 3 nitrogen and oxygen atoms in total. The second kappa shape index (κ2) is 9.34. The minimum absolute atomic E-state index is 0.975. The third-order valence-electron chi connectivity index (χ3n) is 4.99. The Morgan fingerprint density at radius 2 is 1.17 bits per heavy atom. The van der Waals surface area contributed by atoms with Gasteiger partial charge in [-0.25, -0.2) is 0 Å². The predicted octanol–water partition coefficient (Wildman–Crippen LogP) is 7.05. The smallest absolute Gasteiger partial charge is 0.174 e. The van der Waals surface area contributed by atoms with Crippen LogP contribution in [0.15, 0.2) is 28.9 Å². The molecule has 0 spiro atoms. The van der Waals surface area contributed by atoms with E-state index in [4.69, 9.17) is 4.66 Å². The topological polar surface area (TPSA) is 18.8 Å². The Balaban J connectivity index is 3.19. The van der Waals surface area contributed by atoms with E-state index in [0.717, 1.165) is 13.1 Å². The lowest BCUT2D eigenvalue weighted by Crippen LogP contribution is -2.58. The molecule has 1 aromatic rings. The van der Waals surface area contributed by atoms with Crippen molar-refractivity contribution in [3.63, 3.8) is 0 Å². The fourth-order valence-corrected chi connectivity index (χ4v) is 16.3. The molecule has 0 saturated carbocycles. The normalized spacial score (nSPS) is 14.5. The first-order valence-corrected chi connectivity index (χ1v) is 24.8. The molecule has 0 bridgehead atoms. The van der Waals surface area contributed by atoms with Gasteiger partial charge in [0.2, 0.25) is 0 Å². The molecule has 0 unspecified atom stereocenters. The number of nitrogens with zero attached hydrogens (tertiary/aromatic N) is 3. The number of amidine groups is 1. The van der Waals surface area contributed by atoms with Gasteiger partial charge in [0, 0.05) is 13.1 Å². The summed E-state index contributed by atoms with van der Waals surface area (Å²) in [5, 5.41) is 0. The highest BCUT2D eigenvalue weighted by Gasteiger charge is 2.34. The molecule has 0 aliphatic carbocycles. The molecule has 1 aromatic carbocycles. The summed E-state index contributed by atoms with van der Waals surface area (Å²) in [6.07, 6.45) is 0. The van der Waals surface area contributed by atoms with Crippen molar-refractivity contribution in [3.8, 4) is 0 Å². The summed E-state index contributed by atoms with van der Waals surface area (Å²) in [5.41, 5.74) is 2.88. The standard InChI is InChI=1S/C22H47N3Si4/c1-20(23-26(2,3)4)24(27(5,6)7)18-21-15-14-16-22(17-21)19-25(28(8,9)10)29(11,12)13/h14-17H,18-19H2,1-13H3/b23-20+. The summed E-state index contributed by atoms with van der Waals surface area (Å²) in [6, 6.07) is 9.32. The van der Waals surface area contributed by atoms with E-state index in [-0.39, 0.29) is 0 Å². The van der Waals surface area contributed by atoms with Crippen LogP contribution in [0.2, 0.25) is 78.6 Å². The van der Waals surface area contributed by atoms with Gasteiger partial charge in [0.1, 0.15) is 24.7 Å². The van der Waals surface area contributed by atoms with Crippen LogP contribution in [-0.4, -0.2) is 47.6 Å². The van der Waals surface area contributed by atoms with Gasteiger partial charge >= 0.3 is 0 Å². The Labute approximate surface area is 186 Å². The summed E-state index contributed by atoms with van der Waals surface area (Å²) in [6.45, 7) is 33.4. The first kappa shape index (κ1) is 26.6. The van der Waals surface area contributed by atoms with Crippen LogP contribution in [0.5, 0.6) is 0 Å². The van der Waals surface area contributed by atoms with Crippen molar-refractivity contribution in [2.75, 3.05) is 0 Å². The Bertz CT molecular complexity index is 690. The van der Waals surface area contributed by atoms with E-state index in [2.05, 4.69) is 119 Å². The van der Waals surface area contributed by atoms with Gasteiger partial charge in [-0.2, -0.15) is 0 Å². The summed E-state index contributed by atoms with van der Waals surface area (Å²) in [4.78, 5) is 0. The third-order valence-corrected chi connectivity index (χ3v) is 15.7. The van der Waals surface area contributed by atoms with Gasteiger partial charge < -0.3 is 13.5 Å². The zero-order chi connectivity index (χ0) is 22.8. The fraction of sp³-hybridized carbons (Fsp3) is 0.682. The molecule has 0 N–H and O–H groups in total. The quantitative estimate of drug-likeness (QED) is 0.233. The van der Waals surface area contributed by atoms with Crippen LogP contribution in [-0.2, 0) is 13.1 Å². The molecule has 0 aromatic heterocycles. The molecule has 0 saturated heterocycles. The summed E-state index contributed by atoms with van der Waals surface area (Å²) in [7, 11) is -5.70. The van der Waals surface area contributed by atoms with Gasteiger partial charge in [0.15, 0.2) is 8.24 Å². The van der Waals surface area contributed by atoms with Gasteiger partial charge in [-0.3, -0.25) is 0 Å². The molecule has 7 heteroatoms. The van der Waals surface area contributed by atoms with Crippen LogP contribution in [0.1, 0.15) is 18.1 Å². The van der Waals surface area contributed by atoms with Gasteiger partial charge in [-0.1, -0.05) is 83.2 Å². The summed E-state index contributed by atoms with van der Waals surface area (Å²) >= 11 is 0. The van der Waals surface area contributed by atoms with Gasteiger partial charge in [-0.05, 0) is 37.7 Å². The zero-order valence-electron chi connectivity index (χ0n) is 21.6. The average molecular weight is 466 g/mol. The molecular weight excluding hydrogens is 419 g/mol. The molecule has 0 amide bonds. The Morgan fingerprint density at radius 1 is 0.724 bits per heavy atom. The lowest BCUT2D eigenvalue weighted by Gasteiger charge is -2.43. The maximum atomic E-state index is 5.13. The van der Waals surface area contributed by atoms with Crippen molar-refractivity contribution in [1.82, 2.24) is 8.80 Å². The largest absolute Gasteiger partial charge is 0.384 e. The molecule has 29 heavy (non-hydrogen) atoms. The lowest BCUT2D eigenvalue weighted by atomic mass is 10.1. The SMILES string of the molecule is C/C(=N\[Si](C)(C)C)N(Cc1cccc(CN([Si](C)(C)C)[Si](C)(C)C)c1)[Si](C)(C)C. The second-order valence-electron chi connectivity index (χ2n) is 12.3. The monoisotopic (exact) mass is 465 g/mol. The molecule has 0 fully saturated rings. The van der Waals surface area contributed by atoms with Crippen LogP contribution in [0.4, 0.5) is 0 Å². The van der Waals surface area contributed by atoms with Gasteiger partial charge in [0.25, 0.3) is 0 Å². The van der Waals surface area contributed by atoms with Gasteiger partial charge in [0.05, 0.1) is 5.84 Å². The van der Waals surface area contributed by atoms with Crippen molar-refractivity contribution in [2.45, 2.75) is 98.6 Å². The maximum Gasteiger partial charge on any atom is 0.174 e. The summed E-state index contributed by atoms with van der Waals surface area (Å²) in [5.74, 6) is 1.24. The third kappa shape index (κ3) is 9.04. The Kier molecular flexibility index (Phi) is 8.55. The van der Waals surface area contributed by atoms with Gasteiger partial charge in [-0.15, -0.1) is 0 Å². The van der Waals surface area contributed by atoms with Crippen LogP contribution < -0.4 is 0 Å². The second-order valence-corrected chi connectivity index (χ2v) is 32.0. The molecule has 0 aliphatic rings. The highest BCUT2D eigenvalue weighted by molar-refractivity contribution is 6.89. The van der Waals surface area contributed by atoms with Crippen molar-refractivity contribution >= 4 is 38.8 Å². The number of hydrogen-bond acceptors (Lipinski definition) is 2. The van der Waals surface area contributed by atoms with Crippen molar-refractivity contribution < 1.29 is 0 Å². The van der Waals surface area contributed by atoms with E-state index in [9.17, 15) is 0 Å². The van der Waals surface area contributed by atoms with Crippen LogP contribution >= 0.6 is 0 Å². The van der Waals surface area contributed by atoms with Crippen molar-refractivity contribution in [3.05, 3.63) is 35.4 Å². The zero-order valence-corrected chi connectivity index (χ0v) is 25.6. The highest BCUT2D eigenvalue weighted by Crippen LogP contribution is 2.24. The molecule has 1 rings (SSSR count). The maximum absolute atomic E-state index is 5.13. The lowest BCUT2D eigenvalue weighted by molar-refractivity contribution is 0.596. The minimum atomic E-state index is -1.51. The Hall–Kier alpha value is -0.482. The van der Waals surface area contributed by atoms with E-state index < -0.39 is 32.9 Å². The van der Waals surface area contributed by atoms with Crippen molar-refractivity contribution in [2.24, 2.45) is 4.66 Å².